The lowest BCUT2D eigenvalue weighted by atomic mass is 10.1. The van der Waals surface area contributed by atoms with Gasteiger partial charge in [0.2, 0.25) is 0 Å². The number of hydrogen-bond donors (Lipinski definition) is 2. The van der Waals surface area contributed by atoms with Crippen LogP contribution in [0.25, 0.3) is 0 Å². The predicted octanol–water partition coefficient (Wildman–Crippen LogP) is 2.95. The third-order valence-corrected chi connectivity index (χ3v) is 6.45. The Morgan fingerprint density at radius 1 is 1.18 bits per heavy atom. The summed E-state index contributed by atoms with van der Waals surface area (Å²) in [5.74, 6) is 0.312. The second-order valence-corrected chi connectivity index (χ2v) is 8.74. The van der Waals surface area contributed by atoms with E-state index < -0.39 is 10.0 Å². The number of benzene rings is 2. The van der Waals surface area contributed by atoms with Gasteiger partial charge >= 0.3 is 0 Å². The molecule has 0 saturated carbocycles. The van der Waals surface area contributed by atoms with E-state index in [0.717, 1.165) is 12.0 Å². The Morgan fingerprint density at radius 2 is 1.86 bits per heavy atom. The molecule has 8 heteroatoms. The molecule has 2 aromatic rings. The predicted molar refractivity (Wildman–Crippen MR) is 113 cm³/mol. The first-order valence-corrected chi connectivity index (χ1v) is 10.5. The van der Waals surface area contributed by atoms with E-state index in [9.17, 15) is 13.2 Å². The third kappa shape index (κ3) is 4.84. The highest BCUT2D eigenvalue weighted by Gasteiger charge is 2.26. The highest BCUT2D eigenvalue weighted by molar-refractivity contribution is 7.92. The summed E-state index contributed by atoms with van der Waals surface area (Å²) in [5, 5.41) is 0. The van der Waals surface area contributed by atoms with Crippen LogP contribution in [-0.2, 0) is 10.0 Å². The van der Waals surface area contributed by atoms with Gasteiger partial charge in [0.15, 0.2) is 0 Å². The quantitative estimate of drug-likeness (QED) is 0.773. The topological polar surface area (TPSA) is 92.5 Å². The van der Waals surface area contributed by atoms with Crippen LogP contribution in [0.4, 0.5) is 5.69 Å². The summed E-state index contributed by atoms with van der Waals surface area (Å²) >= 11 is 0. The lowest BCUT2D eigenvalue weighted by molar-refractivity contribution is 0.0787. The lowest BCUT2D eigenvalue weighted by Crippen LogP contribution is -2.29. The molecule has 1 heterocycles. The second-order valence-electron chi connectivity index (χ2n) is 7.09. The fourth-order valence-electron chi connectivity index (χ4n) is 3.28. The first-order chi connectivity index (χ1) is 12.8. The SMILES string of the molecule is Cc1ccc(C)c(S(=O)(=O)Nc2ccc(C(=O)N3CCC(CN)C3)cc2)c1.Cl. The van der Waals surface area contributed by atoms with Gasteiger partial charge in [-0.25, -0.2) is 8.42 Å². The fourth-order valence-corrected chi connectivity index (χ4v) is 4.67. The molecular formula is C20H26ClN3O3S. The number of anilines is 1. The van der Waals surface area contributed by atoms with Crippen molar-refractivity contribution in [2.45, 2.75) is 25.2 Å². The molecule has 1 fully saturated rings. The number of likely N-dealkylation sites (tertiary alicyclic amines) is 1. The van der Waals surface area contributed by atoms with Crippen LogP contribution >= 0.6 is 12.4 Å². The Labute approximate surface area is 172 Å². The van der Waals surface area contributed by atoms with Crippen molar-refractivity contribution in [1.82, 2.24) is 4.90 Å². The zero-order chi connectivity index (χ0) is 19.6. The van der Waals surface area contributed by atoms with E-state index in [0.29, 0.717) is 42.4 Å². The van der Waals surface area contributed by atoms with Crippen molar-refractivity contribution < 1.29 is 13.2 Å². The normalized spacial score (nSPS) is 16.5. The number of aryl methyl sites for hydroxylation is 2. The zero-order valence-corrected chi connectivity index (χ0v) is 17.6. The number of nitrogens with one attached hydrogen (secondary N) is 1. The molecule has 3 rings (SSSR count). The van der Waals surface area contributed by atoms with Crippen LogP contribution in [0.5, 0.6) is 0 Å². The van der Waals surface area contributed by atoms with Crippen molar-refractivity contribution in [3.05, 3.63) is 59.2 Å². The Hall–Kier alpha value is -2.09. The molecule has 1 aliphatic rings. The molecule has 152 valence electrons. The largest absolute Gasteiger partial charge is 0.338 e. The van der Waals surface area contributed by atoms with Crippen LogP contribution in [0.1, 0.15) is 27.9 Å². The van der Waals surface area contributed by atoms with Gasteiger partial charge in [-0.1, -0.05) is 12.1 Å². The van der Waals surface area contributed by atoms with Crippen LogP contribution in [0.3, 0.4) is 0 Å². The van der Waals surface area contributed by atoms with Gasteiger partial charge < -0.3 is 10.6 Å². The smallest absolute Gasteiger partial charge is 0.262 e. The van der Waals surface area contributed by atoms with E-state index in [4.69, 9.17) is 5.73 Å². The molecule has 3 N–H and O–H groups in total. The monoisotopic (exact) mass is 423 g/mol. The van der Waals surface area contributed by atoms with E-state index in [-0.39, 0.29) is 23.2 Å². The Kier molecular flexibility index (Phi) is 7.09. The number of carbonyl (C=O) groups is 1. The molecule has 1 unspecified atom stereocenters. The van der Waals surface area contributed by atoms with Gasteiger partial charge in [0.25, 0.3) is 15.9 Å². The minimum atomic E-state index is -3.69. The molecule has 0 radical (unpaired) electrons. The number of amides is 1. The Balaban J connectivity index is 0.00000280. The number of nitrogens with two attached hydrogens (primary N) is 1. The Morgan fingerprint density at radius 3 is 2.46 bits per heavy atom. The van der Waals surface area contributed by atoms with E-state index in [1.54, 1.807) is 48.2 Å². The number of carbonyl (C=O) groups excluding carboxylic acids is 1. The molecule has 6 nitrogen and oxygen atoms in total. The molecule has 2 aromatic carbocycles. The van der Waals surface area contributed by atoms with Crippen molar-refractivity contribution >= 4 is 34.0 Å². The maximum absolute atomic E-state index is 12.7. The zero-order valence-electron chi connectivity index (χ0n) is 16.0. The molecule has 1 aliphatic heterocycles. The summed E-state index contributed by atoms with van der Waals surface area (Å²) in [4.78, 5) is 14.6. The van der Waals surface area contributed by atoms with E-state index in [1.807, 2.05) is 13.0 Å². The highest BCUT2D eigenvalue weighted by Crippen LogP contribution is 2.22. The van der Waals surface area contributed by atoms with Gasteiger partial charge in [-0.2, -0.15) is 0 Å². The van der Waals surface area contributed by atoms with Crippen molar-refractivity contribution in [2.24, 2.45) is 11.7 Å². The van der Waals surface area contributed by atoms with Crippen LogP contribution in [0.15, 0.2) is 47.4 Å². The number of sulfonamides is 1. The third-order valence-electron chi connectivity index (χ3n) is 4.92. The molecule has 1 saturated heterocycles. The average molecular weight is 424 g/mol. The molecular weight excluding hydrogens is 398 g/mol. The lowest BCUT2D eigenvalue weighted by Gasteiger charge is -2.17. The van der Waals surface area contributed by atoms with Gasteiger partial charge in [-0.05, 0) is 74.2 Å². The van der Waals surface area contributed by atoms with Crippen LogP contribution in [0.2, 0.25) is 0 Å². The maximum atomic E-state index is 12.7. The van der Waals surface area contributed by atoms with E-state index in [2.05, 4.69) is 4.72 Å². The number of rotatable bonds is 5. The summed E-state index contributed by atoms with van der Waals surface area (Å²) in [6, 6.07) is 11.9. The molecule has 28 heavy (non-hydrogen) atoms. The van der Waals surface area contributed by atoms with Gasteiger partial charge in [-0.15, -0.1) is 12.4 Å². The van der Waals surface area contributed by atoms with Crippen molar-refractivity contribution in [1.29, 1.82) is 0 Å². The van der Waals surface area contributed by atoms with Crippen LogP contribution in [0, 0.1) is 19.8 Å². The van der Waals surface area contributed by atoms with Crippen molar-refractivity contribution in [2.75, 3.05) is 24.4 Å². The molecule has 1 amide bonds. The summed E-state index contributed by atoms with van der Waals surface area (Å²) in [5.41, 5.74) is 8.21. The Bertz CT molecular complexity index is 946. The number of halogens is 1. The average Bonchev–Trinajstić information content (AvgIpc) is 3.12. The molecule has 1 atom stereocenters. The summed E-state index contributed by atoms with van der Waals surface area (Å²) in [6.45, 7) is 5.59. The second kappa shape index (κ2) is 8.94. The number of nitrogens with zero attached hydrogens (tertiary/aromatic N) is 1. The standard InChI is InChI=1S/C20H25N3O3S.ClH/c1-14-3-4-15(2)19(11-14)27(25,26)22-18-7-5-17(6-8-18)20(24)23-10-9-16(12-21)13-23;/h3-8,11,16,22H,9-10,12-13,21H2,1-2H3;1H. The summed E-state index contributed by atoms with van der Waals surface area (Å²) < 4.78 is 27.9. The van der Waals surface area contributed by atoms with E-state index in [1.165, 1.54) is 0 Å². The first-order valence-electron chi connectivity index (χ1n) is 8.99. The minimum absolute atomic E-state index is 0. The summed E-state index contributed by atoms with van der Waals surface area (Å²) in [7, 11) is -3.69. The van der Waals surface area contributed by atoms with Gasteiger partial charge in [0, 0.05) is 24.3 Å². The highest BCUT2D eigenvalue weighted by atomic mass is 35.5. The molecule has 0 aromatic heterocycles. The fraction of sp³-hybridized carbons (Fsp3) is 0.350. The van der Waals surface area contributed by atoms with Crippen LogP contribution < -0.4 is 10.5 Å². The van der Waals surface area contributed by atoms with Gasteiger partial charge in [0.1, 0.15) is 0 Å². The van der Waals surface area contributed by atoms with Crippen LogP contribution in [-0.4, -0.2) is 38.9 Å². The first kappa shape index (κ1) is 22.2. The van der Waals surface area contributed by atoms with E-state index >= 15 is 0 Å². The maximum Gasteiger partial charge on any atom is 0.262 e. The summed E-state index contributed by atoms with van der Waals surface area (Å²) in [6.07, 6.45) is 0.927. The molecule has 0 aliphatic carbocycles. The molecule has 0 bridgehead atoms. The van der Waals surface area contributed by atoms with Crippen molar-refractivity contribution in [3.63, 3.8) is 0 Å². The minimum Gasteiger partial charge on any atom is -0.338 e. The van der Waals surface area contributed by atoms with Crippen molar-refractivity contribution in [3.8, 4) is 0 Å². The van der Waals surface area contributed by atoms with Gasteiger partial charge in [-0.3, -0.25) is 9.52 Å². The number of hydrogen-bond acceptors (Lipinski definition) is 4. The molecule has 0 spiro atoms. The van der Waals surface area contributed by atoms with Gasteiger partial charge in [0.05, 0.1) is 4.90 Å².